The van der Waals surface area contributed by atoms with Crippen LogP contribution < -0.4 is 0 Å². The Balaban J connectivity index is 1.57. The van der Waals surface area contributed by atoms with Crippen LogP contribution >= 0.6 is 0 Å². The van der Waals surface area contributed by atoms with Gasteiger partial charge in [0.1, 0.15) is 12.5 Å². The van der Waals surface area contributed by atoms with Crippen LogP contribution in [0.3, 0.4) is 0 Å². The van der Waals surface area contributed by atoms with Crippen LogP contribution in [0.15, 0.2) is 60.3 Å². The minimum Gasteiger partial charge on any atom is -0.350 e. The van der Waals surface area contributed by atoms with Crippen LogP contribution in [0.5, 0.6) is 0 Å². The number of nitrogens with zero attached hydrogens (tertiary/aromatic N) is 2. The summed E-state index contributed by atoms with van der Waals surface area (Å²) in [5, 5.41) is 0.871. The molecule has 192 valence electrons. The zero-order valence-corrected chi connectivity index (χ0v) is 21.6. The van der Waals surface area contributed by atoms with E-state index in [4.69, 9.17) is 0 Å². The van der Waals surface area contributed by atoms with Gasteiger partial charge in [-0.3, -0.25) is 9.59 Å². The average molecular weight is 508 g/mol. The number of hydrogen-bond acceptors (Lipinski definition) is 2. The molecule has 0 radical (unpaired) electrons. The summed E-state index contributed by atoms with van der Waals surface area (Å²) in [6.07, 6.45) is -0.192. The predicted molar refractivity (Wildman–Crippen MR) is 137 cm³/mol. The van der Waals surface area contributed by atoms with Crippen molar-refractivity contribution in [3.05, 3.63) is 77.0 Å². The van der Waals surface area contributed by atoms with Gasteiger partial charge in [-0.25, -0.2) is 0 Å². The van der Waals surface area contributed by atoms with Gasteiger partial charge in [-0.05, 0) is 43.5 Å². The summed E-state index contributed by atoms with van der Waals surface area (Å²) >= 11 is 0. The van der Waals surface area contributed by atoms with E-state index >= 15 is 0 Å². The lowest BCUT2D eigenvalue weighted by molar-refractivity contribution is -0.439. The average Bonchev–Trinajstić information content (AvgIpc) is 3.26. The molecule has 0 amide bonds. The molecule has 2 aromatic carbocycles. The fourth-order valence-corrected chi connectivity index (χ4v) is 5.58. The number of alkyl halides is 3. The van der Waals surface area contributed by atoms with Crippen molar-refractivity contribution in [3.63, 3.8) is 0 Å². The fraction of sp³-hybridized carbons (Fsp3) is 0.367. The molecule has 0 spiro atoms. The Bertz CT molecular complexity index is 1500. The molecule has 4 nitrogen and oxygen atoms in total. The molecule has 37 heavy (non-hydrogen) atoms. The molecule has 0 atom stereocenters. The number of carbonyl (C=O) groups excluding carboxylic acids is 2. The van der Waals surface area contributed by atoms with E-state index in [1.165, 1.54) is 12.1 Å². The molecule has 0 saturated heterocycles. The molecular weight excluding hydrogens is 477 g/mol. The van der Waals surface area contributed by atoms with Gasteiger partial charge in [0.05, 0.1) is 16.6 Å². The second-order valence-electron chi connectivity index (χ2n) is 11.0. The van der Waals surface area contributed by atoms with E-state index in [-0.39, 0.29) is 17.1 Å². The highest BCUT2D eigenvalue weighted by atomic mass is 19.4. The molecule has 2 heterocycles. The third-order valence-electron chi connectivity index (χ3n) is 7.72. The number of rotatable bonds is 5. The molecule has 7 heteroatoms. The van der Waals surface area contributed by atoms with Crippen molar-refractivity contribution in [2.45, 2.75) is 51.6 Å². The number of aromatic nitrogens is 1. The zero-order chi connectivity index (χ0) is 26.9. The number of hydrogen-bond donors (Lipinski definition) is 0. The fourth-order valence-electron chi connectivity index (χ4n) is 5.58. The van der Waals surface area contributed by atoms with Crippen LogP contribution in [0, 0.1) is 5.92 Å². The van der Waals surface area contributed by atoms with Crippen LogP contribution in [-0.2, 0) is 28.2 Å². The third kappa shape index (κ3) is 3.95. The van der Waals surface area contributed by atoms with Crippen molar-refractivity contribution < 1.29 is 27.3 Å². The van der Waals surface area contributed by atoms with Gasteiger partial charge in [-0.2, -0.15) is 17.7 Å². The minimum atomic E-state index is -4.46. The molecule has 0 bridgehead atoms. The van der Waals surface area contributed by atoms with Crippen molar-refractivity contribution in [2.75, 3.05) is 6.54 Å². The Morgan fingerprint density at radius 1 is 1.08 bits per heavy atom. The zero-order valence-electron chi connectivity index (χ0n) is 21.6. The molecule has 1 aliphatic heterocycles. The molecule has 5 rings (SSSR count). The summed E-state index contributed by atoms with van der Waals surface area (Å²) in [5.41, 5.74) is 2.14. The molecule has 1 aliphatic carbocycles. The second kappa shape index (κ2) is 8.54. The summed E-state index contributed by atoms with van der Waals surface area (Å²) in [4.78, 5) is 26.8. The standard InChI is InChI=1S/C30H30F3N2O2/c1-17(2)12-13-35-24-11-10-18(30(31,32)33)14-22(24)29(3,4)25(35)15-20-27(36)26(28(20)37)21-16-34(5)23-9-7-6-8-19(21)23/h6-11,14-17,26H,12-13H2,1-5H3/q+1. The van der Waals surface area contributed by atoms with Crippen LogP contribution in [0.4, 0.5) is 18.9 Å². The Morgan fingerprint density at radius 2 is 1.76 bits per heavy atom. The number of allylic oxidation sites excluding steroid dienone is 2. The van der Waals surface area contributed by atoms with Gasteiger partial charge in [-0.1, -0.05) is 32.0 Å². The minimum absolute atomic E-state index is 0.111. The first-order chi connectivity index (χ1) is 17.3. The summed E-state index contributed by atoms with van der Waals surface area (Å²) < 4.78 is 44.5. The highest BCUT2D eigenvalue weighted by Crippen LogP contribution is 2.45. The number of carbonyl (C=O) groups is 2. The number of ketones is 2. The first-order valence-corrected chi connectivity index (χ1v) is 12.5. The van der Waals surface area contributed by atoms with Crippen molar-refractivity contribution in [2.24, 2.45) is 13.0 Å². The van der Waals surface area contributed by atoms with Gasteiger partial charge in [0, 0.05) is 48.3 Å². The van der Waals surface area contributed by atoms with Crippen LogP contribution in [-0.4, -0.2) is 33.0 Å². The number of para-hydroxylation sites is 1. The quantitative estimate of drug-likeness (QED) is 0.172. The molecule has 3 aromatic rings. The van der Waals surface area contributed by atoms with E-state index in [9.17, 15) is 22.8 Å². The lowest BCUT2D eigenvalue weighted by atomic mass is 9.71. The summed E-state index contributed by atoms with van der Waals surface area (Å²) in [6, 6.07) is 11.5. The van der Waals surface area contributed by atoms with E-state index in [1.807, 2.05) is 60.5 Å². The lowest BCUT2D eigenvalue weighted by Crippen LogP contribution is -2.40. The highest BCUT2D eigenvalue weighted by Gasteiger charge is 2.51. The summed E-state index contributed by atoms with van der Waals surface area (Å²) in [7, 11) is 1.88. The van der Waals surface area contributed by atoms with Crippen molar-refractivity contribution in [1.29, 1.82) is 0 Å². The maximum atomic E-state index is 13.5. The summed E-state index contributed by atoms with van der Waals surface area (Å²) in [6.45, 7) is 8.45. The van der Waals surface area contributed by atoms with Crippen LogP contribution in [0.25, 0.3) is 10.9 Å². The number of fused-ring (bicyclic) bond motifs is 2. The van der Waals surface area contributed by atoms with E-state index < -0.39 is 23.1 Å². The second-order valence-corrected chi connectivity index (χ2v) is 11.0. The monoisotopic (exact) mass is 507 g/mol. The third-order valence-corrected chi connectivity index (χ3v) is 7.72. The van der Waals surface area contributed by atoms with Gasteiger partial charge in [-0.15, -0.1) is 0 Å². The van der Waals surface area contributed by atoms with Crippen molar-refractivity contribution in [1.82, 2.24) is 4.57 Å². The SMILES string of the molecule is CC(C)CC[N+]1=C(C=C2C(=O)C(c3cn(C)c4ccccc34)C2=O)C(C)(C)c2cc(C(F)(F)F)ccc21. The smallest absolute Gasteiger partial charge is 0.350 e. The van der Waals surface area contributed by atoms with Crippen molar-refractivity contribution in [3.8, 4) is 0 Å². The normalized spacial score (nSPS) is 19.2. The molecular formula is C30H30F3N2O2+. The van der Waals surface area contributed by atoms with E-state index in [2.05, 4.69) is 13.8 Å². The summed E-state index contributed by atoms with van der Waals surface area (Å²) in [5.74, 6) is -0.982. The van der Waals surface area contributed by atoms with Crippen LogP contribution in [0.1, 0.15) is 56.7 Å². The van der Waals surface area contributed by atoms with Gasteiger partial charge in [0.25, 0.3) is 0 Å². The number of halogens is 3. The maximum absolute atomic E-state index is 13.5. The molecule has 2 aliphatic rings. The van der Waals surface area contributed by atoms with Gasteiger partial charge < -0.3 is 4.57 Å². The Kier molecular flexibility index (Phi) is 5.81. The number of Topliss-reactive ketones (excluding diaryl/α,β-unsaturated/α-hetero) is 2. The molecule has 1 aromatic heterocycles. The van der Waals surface area contributed by atoms with Crippen LogP contribution in [0.2, 0.25) is 0 Å². The Morgan fingerprint density at radius 3 is 2.41 bits per heavy atom. The van der Waals surface area contributed by atoms with E-state index in [1.54, 1.807) is 6.08 Å². The molecule has 1 fully saturated rings. The first kappa shape index (κ1) is 25.2. The van der Waals surface area contributed by atoms with Gasteiger partial charge >= 0.3 is 6.18 Å². The van der Waals surface area contributed by atoms with E-state index in [0.29, 0.717) is 35.0 Å². The van der Waals surface area contributed by atoms with E-state index in [0.717, 1.165) is 23.4 Å². The van der Waals surface area contributed by atoms with Gasteiger partial charge in [0.2, 0.25) is 5.69 Å². The first-order valence-electron chi connectivity index (χ1n) is 12.5. The predicted octanol–water partition coefficient (Wildman–Crippen LogP) is 6.48. The molecule has 1 saturated carbocycles. The number of benzene rings is 2. The van der Waals surface area contributed by atoms with Crippen molar-refractivity contribution >= 4 is 33.9 Å². The highest BCUT2D eigenvalue weighted by molar-refractivity contribution is 6.43. The largest absolute Gasteiger partial charge is 0.416 e. The Labute approximate surface area is 214 Å². The Hall–Kier alpha value is -3.48. The topological polar surface area (TPSA) is 42.1 Å². The molecule has 0 unspecified atom stereocenters. The van der Waals surface area contributed by atoms with Gasteiger partial charge in [0.15, 0.2) is 17.3 Å². The molecule has 0 N–H and O–H groups in total. The maximum Gasteiger partial charge on any atom is 0.416 e. The lowest BCUT2D eigenvalue weighted by Gasteiger charge is -2.26. The number of aryl methyl sites for hydroxylation is 1.